The fourth-order valence-electron chi connectivity index (χ4n) is 4.57. The van der Waals surface area contributed by atoms with Crippen molar-refractivity contribution in [1.29, 1.82) is 0 Å². The minimum atomic E-state index is -1.26. The molecule has 1 saturated carbocycles. The van der Waals surface area contributed by atoms with Crippen LogP contribution in [0.25, 0.3) is 11.2 Å². The molecule has 32 heavy (non-hydrogen) atoms. The van der Waals surface area contributed by atoms with E-state index in [0.29, 0.717) is 17.6 Å². The Labute approximate surface area is 186 Å². The summed E-state index contributed by atoms with van der Waals surface area (Å²) in [7, 11) is 0. The van der Waals surface area contributed by atoms with Crippen molar-refractivity contribution in [2.45, 2.75) is 87.9 Å². The van der Waals surface area contributed by atoms with Crippen molar-refractivity contribution >= 4 is 17.0 Å². The van der Waals surface area contributed by atoms with E-state index in [1.54, 1.807) is 0 Å². The first-order valence-corrected chi connectivity index (χ1v) is 11.3. The summed E-state index contributed by atoms with van der Waals surface area (Å²) in [5.41, 5.74) is 6.12. The number of fused-ring (bicyclic) bond motifs is 1. The maximum Gasteiger partial charge on any atom is 0.208 e. The summed E-state index contributed by atoms with van der Waals surface area (Å²) in [5, 5.41) is 40.4. The average molecular weight is 446 g/mol. The number of nitrogen functional groups attached to an aromatic ring is 1. The minimum absolute atomic E-state index is 0.151. The van der Waals surface area contributed by atoms with Crippen LogP contribution in [0.15, 0.2) is 6.33 Å². The Kier molecular flexibility index (Phi) is 6.93. The van der Waals surface area contributed by atoms with Gasteiger partial charge in [-0.25, -0.2) is 15.0 Å². The van der Waals surface area contributed by atoms with Gasteiger partial charge in [-0.15, -0.1) is 0 Å². The SMILES string of the molecule is Nc1nc(C#CCCCC2(O)CCCCCC2)nc2c1ncn2[C@@H]1O[C@H](CO)[C@@H](O)[C@H]1O. The van der Waals surface area contributed by atoms with Gasteiger partial charge in [0.05, 0.1) is 18.5 Å². The zero-order valence-electron chi connectivity index (χ0n) is 18.0. The number of imidazole rings is 1. The summed E-state index contributed by atoms with van der Waals surface area (Å²) < 4.78 is 7.03. The summed E-state index contributed by atoms with van der Waals surface area (Å²) >= 11 is 0. The molecule has 2 fully saturated rings. The maximum atomic E-state index is 10.7. The molecule has 0 spiro atoms. The van der Waals surface area contributed by atoms with Crippen LogP contribution in [0, 0.1) is 11.8 Å². The second kappa shape index (κ2) is 9.68. The average Bonchev–Trinajstić information content (AvgIpc) is 3.23. The molecule has 2 aliphatic rings. The minimum Gasteiger partial charge on any atom is -0.394 e. The van der Waals surface area contributed by atoms with Crippen LogP contribution in [0.2, 0.25) is 0 Å². The van der Waals surface area contributed by atoms with Gasteiger partial charge in [-0.3, -0.25) is 4.57 Å². The Bertz CT molecular complexity index is 992. The van der Waals surface area contributed by atoms with Gasteiger partial charge in [-0.1, -0.05) is 31.6 Å². The molecule has 10 nitrogen and oxygen atoms in total. The molecule has 2 aromatic heterocycles. The fraction of sp³-hybridized carbons (Fsp3) is 0.682. The first kappa shape index (κ1) is 22.9. The van der Waals surface area contributed by atoms with Gasteiger partial charge in [0.2, 0.25) is 5.82 Å². The van der Waals surface area contributed by atoms with Crippen LogP contribution in [0.3, 0.4) is 0 Å². The molecule has 4 atom stereocenters. The Hall–Kier alpha value is -2.29. The lowest BCUT2D eigenvalue weighted by Crippen LogP contribution is -2.33. The van der Waals surface area contributed by atoms with Gasteiger partial charge in [0.25, 0.3) is 0 Å². The number of aliphatic hydroxyl groups excluding tert-OH is 3. The monoisotopic (exact) mass is 445 g/mol. The third-order valence-corrected chi connectivity index (χ3v) is 6.42. The number of aliphatic hydroxyl groups is 4. The van der Waals surface area contributed by atoms with Crippen molar-refractivity contribution in [3.05, 3.63) is 12.2 Å². The summed E-state index contributed by atoms with van der Waals surface area (Å²) in [5.74, 6) is 6.34. The lowest BCUT2D eigenvalue weighted by atomic mass is 9.89. The molecule has 1 saturated heterocycles. The summed E-state index contributed by atoms with van der Waals surface area (Å²) in [4.78, 5) is 12.8. The zero-order chi connectivity index (χ0) is 22.7. The number of nitrogens with two attached hydrogens (primary N) is 1. The molecule has 10 heteroatoms. The highest BCUT2D eigenvalue weighted by Gasteiger charge is 2.44. The van der Waals surface area contributed by atoms with Crippen molar-refractivity contribution < 1.29 is 25.2 Å². The Morgan fingerprint density at radius 1 is 1.16 bits per heavy atom. The second-order valence-corrected chi connectivity index (χ2v) is 8.78. The van der Waals surface area contributed by atoms with Crippen LogP contribution in [-0.4, -0.2) is 70.5 Å². The number of hydrogen-bond acceptors (Lipinski definition) is 9. The largest absolute Gasteiger partial charge is 0.394 e. The number of nitrogens with zero attached hydrogens (tertiary/aromatic N) is 4. The van der Waals surface area contributed by atoms with E-state index < -0.39 is 36.7 Å². The predicted molar refractivity (Wildman–Crippen MR) is 116 cm³/mol. The quantitative estimate of drug-likeness (QED) is 0.253. The maximum absolute atomic E-state index is 10.7. The Morgan fingerprint density at radius 3 is 2.59 bits per heavy atom. The number of unbranched alkanes of at least 4 members (excludes halogenated alkanes) is 1. The molecular weight excluding hydrogens is 414 g/mol. The van der Waals surface area contributed by atoms with E-state index in [-0.39, 0.29) is 11.6 Å². The van der Waals surface area contributed by atoms with Gasteiger partial charge < -0.3 is 30.9 Å². The van der Waals surface area contributed by atoms with Crippen molar-refractivity contribution in [1.82, 2.24) is 19.5 Å². The topological polar surface area (TPSA) is 160 Å². The molecule has 174 valence electrons. The Balaban J connectivity index is 1.46. The van der Waals surface area contributed by atoms with Crippen molar-refractivity contribution in [3.8, 4) is 11.8 Å². The number of aromatic nitrogens is 4. The highest BCUT2D eigenvalue weighted by atomic mass is 16.6. The molecule has 0 amide bonds. The number of hydrogen-bond donors (Lipinski definition) is 5. The first-order chi connectivity index (χ1) is 15.4. The molecular formula is C22H31N5O5. The van der Waals surface area contributed by atoms with E-state index in [1.165, 1.54) is 23.7 Å². The van der Waals surface area contributed by atoms with Crippen molar-refractivity contribution in [2.75, 3.05) is 12.3 Å². The number of anilines is 1. The highest BCUT2D eigenvalue weighted by molar-refractivity contribution is 5.82. The van der Waals surface area contributed by atoms with Gasteiger partial charge in [0, 0.05) is 6.42 Å². The van der Waals surface area contributed by atoms with Crippen molar-refractivity contribution in [3.63, 3.8) is 0 Å². The van der Waals surface area contributed by atoms with Gasteiger partial charge in [0.1, 0.15) is 23.8 Å². The number of rotatable bonds is 5. The van der Waals surface area contributed by atoms with Crippen LogP contribution in [0.1, 0.15) is 69.8 Å². The van der Waals surface area contributed by atoms with E-state index in [9.17, 15) is 20.4 Å². The van der Waals surface area contributed by atoms with Crippen molar-refractivity contribution in [2.24, 2.45) is 0 Å². The van der Waals surface area contributed by atoms with Gasteiger partial charge in [0.15, 0.2) is 17.7 Å². The fourth-order valence-corrected chi connectivity index (χ4v) is 4.57. The van der Waals surface area contributed by atoms with Gasteiger partial charge >= 0.3 is 0 Å². The van der Waals surface area contributed by atoms with Gasteiger partial charge in [-0.05, 0) is 31.6 Å². The normalized spacial score (nSPS) is 27.8. The molecule has 0 aromatic carbocycles. The summed E-state index contributed by atoms with van der Waals surface area (Å²) in [6, 6.07) is 0. The first-order valence-electron chi connectivity index (χ1n) is 11.3. The van der Waals surface area contributed by atoms with E-state index in [2.05, 4.69) is 26.8 Å². The van der Waals surface area contributed by atoms with Crippen LogP contribution in [-0.2, 0) is 4.74 Å². The van der Waals surface area contributed by atoms with Crippen LogP contribution in [0.4, 0.5) is 5.82 Å². The molecule has 2 aromatic rings. The number of ether oxygens (including phenoxy) is 1. The molecule has 3 heterocycles. The lowest BCUT2D eigenvalue weighted by molar-refractivity contribution is -0.0511. The van der Waals surface area contributed by atoms with E-state index in [0.717, 1.165) is 38.5 Å². The zero-order valence-corrected chi connectivity index (χ0v) is 18.0. The molecule has 0 radical (unpaired) electrons. The summed E-state index contributed by atoms with van der Waals surface area (Å²) in [6.45, 7) is -0.426. The third-order valence-electron chi connectivity index (χ3n) is 6.42. The van der Waals surface area contributed by atoms with E-state index in [4.69, 9.17) is 10.5 Å². The molecule has 1 aliphatic heterocycles. The molecule has 1 aliphatic carbocycles. The van der Waals surface area contributed by atoms with Crippen LogP contribution < -0.4 is 5.73 Å². The second-order valence-electron chi connectivity index (χ2n) is 8.78. The predicted octanol–water partition coefficient (Wildman–Crippen LogP) is 0.627. The van der Waals surface area contributed by atoms with Gasteiger partial charge in [-0.2, -0.15) is 0 Å². The molecule has 4 rings (SSSR count). The third kappa shape index (κ3) is 4.72. The highest BCUT2D eigenvalue weighted by Crippen LogP contribution is 2.32. The van der Waals surface area contributed by atoms with E-state index in [1.807, 2.05) is 0 Å². The molecule has 0 bridgehead atoms. The standard InChI is InChI=1S/C22H31N5O5/c23-19-16-20(27(13-24-16)21-18(30)17(29)14(12-28)32-21)26-15(25-19)8-4-3-7-11-22(31)9-5-1-2-6-10-22/h13-14,17-18,21,28-31H,1-3,5-7,9-12H2,(H2,23,25,26)/t14-,17-,18-,21-/m1/s1. The smallest absolute Gasteiger partial charge is 0.208 e. The summed E-state index contributed by atoms with van der Waals surface area (Å²) in [6.07, 6.45) is 5.46. The van der Waals surface area contributed by atoms with E-state index >= 15 is 0 Å². The molecule has 0 unspecified atom stereocenters. The van der Waals surface area contributed by atoms with Crippen LogP contribution in [0.5, 0.6) is 0 Å². The van der Waals surface area contributed by atoms with Crippen LogP contribution >= 0.6 is 0 Å². The Morgan fingerprint density at radius 2 is 1.91 bits per heavy atom. The lowest BCUT2D eigenvalue weighted by Gasteiger charge is -2.26. The molecule has 6 N–H and O–H groups in total.